The Morgan fingerprint density at radius 3 is 2.84 bits per heavy atom. The molecule has 9 nitrogen and oxygen atoms in total. The highest BCUT2D eigenvalue weighted by atomic mass is 32.2. The smallest absolute Gasteiger partial charge is 0.338 e. The Bertz CT molecular complexity index is 1060. The van der Waals surface area contributed by atoms with Crippen molar-refractivity contribution in [1.29, 1.82) is 0 Å². The first kappa shape index (κ1) is 23.3. The van der Waals surface area contributed by atoms with Crippen LogP contribution in [0.1, 0.15) is 31.9 Å². The van der Waals surface area contributed by atoms with Gasteiger partial charge in [0.25, 0.3) is 5.69 Å². The number of fused-ring (bicyclic) bond motifs is 1. The summed E-state index contributed by atoms with van der Waals surface area (Å²) in [4.78, 5) is 44.5. The number of rotatable bonds is 8. The molecule has 3 rings (SSSR count). The summed E-state index contributed by atoms with van der Waals surface area (Å²) in [6.45, 7) is 7.73. The van der Waals surface area contributed by atoms with Crippen molar-refractivity contribution in [2.24, 2.45) is 4.99 Å². The number of hydrogen-bond donors (Lipinski definition) is 0. The van der Waals surface area contributed by atoms with Gasteiger partial charge in [0.2, 0.25) is 5.91 Å². The monoisotopic (exact) mass is 456 g/mol. The summed E-state index contributed by atoms with van der Waals surface area (Å²) in [5, 5.41) is 13.8. The molecule has 0 aromatic heterocycles. The van der Waals surface area contributed by atoms with Crippen LogP contribution in [0.4, 0.5) is 5.69 Å². The SMILES string of the molecule is C=CCOC(=O)C1=C(C)N=C2SC=C(CC(=O)N(C)CC)N2C1c1cccc([N+](=O)[O-])c1. The number of carbonyl (C=O) groups is 2. The Morgan fingerprint density at radius 1 is 1.44 bits per heavy atom. The van der Waals surface area contributed by atoms with Gasteiger partial charge in [-0.25, -0.2) is 9.79 Å². The lowest BCUT2D eigenvalue weighted by molar-refractivity contribution is -0.384. The molecule has 0 radical (unpaired) electrons. The molecule has 168 valence electrons. The first-order chi connectivity index (χ1) is 15.3. The molecule has 0 saturated heterocycles. The zero-order valence-electron chi connectivity index (χ0n) is 18.1. The molecule has 0 fully saturated rings. The molecule has 1 atom stereocenters. The second kappa shape index (κ2) is 9.82. The van der Waals surface area contributed by atoms with E-state index in [4.69, 9.17) is 4.74 Å². The number of nitro groups is 1. The molecule has 32 heavy (non-hydrogen) atoms. The molecule has 2 aliphatic heterocycles. The van der Waals surface area contributed by atoms with Crippen molar-refractivity contribution in [2.45, 2.75) is 26.3 Å². The van der Waals surface area contributed by atoms with E-state index in [-0.39, 0.29) is 30.2 Å². The van der Waals surface area contributed by atoms with Crippen molar-refractivity contribution < 1.29 is 19.2 Å². The largest absolute Gasteiger partial charge is 0.458 e. The van der Waals surface area contributed by atoms with Crippen LogP contribution in [-0.2, 0) is 14.3 Å². The van der Waals surface area contributed by atoms with Crippen LogP contribution in [0.25, 0.3) is 0 Å². The Balaban J connectivity index is 2.09. The van der Waals surface area contributed by atoms with E-state index in [2.05, 4.69) is 11.6 Å². The van der Waals surface area contributed by atoms with Gasteiger partial charge in [-0.15, -0.1) is 0 Å². The molecule has 1 aromatic carbocycles. The third kappa shape index (κ3) is 4.59. The normalized spacial score (nSPS) is 17.3. The highest BCUT2D eigenvalue weighted by Gasteiger charge is 2.41. The van der Waals surface area contributed by atoms with Crippen molar-refractivity contribution in [3.8, 4) is 0 Å². The summed E-state index contributed by atoms with van der Waals surface area (Å²) in [5.41, 5.74) is 1.82. The third-order valence-corrected chi connectivity index (χ3v) is 6.07. The fourth-order valence-corrected chi connectivity index (χ4v) is 4.40. The van der Waals surface area contributed by atoms with Crippen LogP contribution in [-0.4, -0.2) is 52.0 Å². The fourth-order valence-electron chi connectivity index (χ4n) is 3.43. The minimum absolute atomic E-state index is 0.0189. The second-order valence-electron chi connectivity index (χ2n) is 7.22. The van der Waals surface area contributed by atoms with Crippen LogP contribution in [0.2, 0.25) is 0 Å². The van der Waals surface area contributed by atoms with Gasteiger partial charge in [0.1, 0.15) is 6.61 Å². The lowest BCUT2D eigenvalue weighted by atomic mass is 9.93. The van der Waals surface area contributed by atoms with Crippen LogP contribution < -0.4 is 0 Å². The van der Waals surface area contributed by atoms with Gasteiger partial charge in [-0.2, -0.15) is 0 Å². The average molecular weight is 457 g/mol. The Hall–Kier alpha value is -3.40. The number of benzene rings is 1. The molecule has 2 aliphatic rings. The summed E-state index contributed by atoms with van der Waals surface area (Å²) < 4.78 is 5.30. The number of hydrogen-bond acceptors (Lipinski definition) is 8. The standard InChI is InChI=1S/C22H24N4O5S/c1-5-10-31-21(28)19-14(3)23-22-25(17(13-32-22)12-18(27)24(4)6-2)20(19)15-8-7-9-16(11-15)26(29)30/h5,7-9,11,13,20H,1,6,10,12H2,2-4H3. The highest BCUT2D eigenvalue weighted by Crippen LogP contribution is 2.45. The molecule has 0 spiro atoms. The van der Waals surface area contributed by atoms with E-state index >= 15 is 0 Å². The first-order valence-electron chi connectivity index (χ1n) is 9.99. The van der Waals surface area contributed by atoms with Crippen molar-refractivity contribution >= 4 is 34.5 Å². The number of non-ortho nitro benzene ring substituents is 1. The molecular formula is C22H24N4O5S. The van der Waals surface area contributed by atoms with Crippen LogP contribution in [0, 0.1) is 10.1 Å². The van der Waals surface area contributed by atoms with Gasteiger partial charge in [-0.1, -0.05) is 36.5 Å². The fraction of sp³-hybridized carbons (Fsp3) is 0.318. The minimum Gasteiger partial charge on any atom is -0.458 e. The maximum atomic E-state index is 13.0. The number of nitro benzene ring substituents is 1. The molecule has 1 aromatic rings. The van der Waals surface area contributed by atoms with Crippen molar-refractivity contribution in [2.75, 3.05) is 20.2 Å². The van der Waals surface area contributed by atoms with E-state index in [1.54, 1.807) is 35.9 Å². The van der Waals surface area contributed by atoms with E-state index < -0.39 is 16.9 Å². The maximum Gasteiger partial charge on any atom is 0.338 e. The molecule has 2 heterocycles. The molecular weight excluding hydrogens is 432 g/mol. The zero-order valence-corrected chi connectivity index (χ0v) is 18.9. The van der Waals surface area contributed by atoms with Crippen LogP contribution >= 0.6 is 11.8 Å². The van der Waals surface area contributed by atoms with Gasteiger partial charge in [-0.3, -0.25) is 14.9 Å². The van der Waals surface area contributed by atoms with Gasteiger partial charge in [-0.05, 0) is 24.8 Å². The predicted octanol–water partition coefficient (Wildman–Crippen LogP) is 3.77. The van der Waals surface area contributed by atoms with Crippen molar-refractivity contribution in [3.05, 3.63) is 75.0 Å². The number of esters is 1. The molecule has 0 aliphatic carbocycles. The first-order valence-corrected chi connectivity index (χ1v) is 10.9. The third-order valence-electron chi connectivity index (χ3n) is 5.18. The highest BCUT2D eigenvalue weighted by molar-refractivity contribution is 8.16. The molecule has 10 heteroatoms. The maximum absolute atomic E-state index is 13.0. The van der Waals surface area contributed by atoms with Gasteiger partial charge in [0.05, 0.1) is 28.7 Å². The Kier molecular flexibility index (Phi) is 7.14. The van der Waals surface area contributed by atoms with Crippen LogP contribution in [0.3, 0.4) is 0 Å². The van der Waals surface area contributed by atoms with E-state index in [9.17, 15) is 19.7 Å². The summed E-state index contributed by atoms with van der Waals surface area (Å²) in [6, 6.07) is 5.39. The lowest BCUT2D eigenvalue weighted by Gasteiger charge is -2.36. The van der Waals surface area contributed by atoms with E-state index in [1.165, 1.54) is 30.0 Å². The zero-order chi connectivity index (χ0) is 23.4. The summed E-state index contributed by atoms with van der Waals surface area (Å²) in [6.07, 6.45) is 1.57. The number of ether oxygens (including phenoxy) is 1. The summed E-state index contributed by atoms with van der Waals surface area (Å²) >= 11 is 1.35. The predicted molar refractivity (Wildman–Crippen MR) is 123 cm³/mol. The van der Waals surface area contributed by atoms with Crippen LogP contribution in [0.15, 0.2) is 64.3 Å². The number of carbonyl (C=O) groups excluding carboxylic acids is 2. The van der Waals surface area contributed by atoms with E-state index in [1.807, 2.05) is 12.3 Å². The number of amidine groups is 1. The van der Waals surface area contributed by atoms with Crippen molar-refractivity contribution in [3.63, 3.8) is 0 Å². The van der Waals surface area contributed by atoms with E-state index in [0.717, 1.165) is 0 Å². The van der Waals surface area contributed by atoms with Gasteiger partial charge < -0.3 is 14.5 Å². The molecule has 0 N–H and O–H groups in total. The number of amides is 1. The number of nitrogens with zero attached hydrogens (tertiary/aromatic N) is 4. The topological polar surface area (TPSA) is 105 Å². The second-order valence-corrected chi connectivity index (χ2v) is 8.05. The summed E-state index contributed by atoms with van der Waals surface area (Å²) in [5.74, 6) is -0.671. The molecule has 0 bridgehead atoms. The van der Waals surface area contributed by atoms with Crippen molar-refractivity contribution in [1.82, 2.24) is 9.80 Å². The van der Waals surface area contributed by atoms with Gasteiger partial charge >= 0.3 is 5.97 Å². The molecule has 1 amide bonds. The minimum atomic E-state index is -0.722. The molecule has 1 unspecified atom stereocenters. The Morgan fingerprint density at radius 2 is 2.19 bits per heavy atom. The van der Waals surface area contributed by atoms with Gasteiger partial charge in [0, 0.05) is 31.4 Å². The Labute approximate surface area is 190 Å². The lowest BCUT2D eigenvalue weighted by Crippen LogP contribution is -2.38. The molecule has 0 saturated carbocycles. The summed E-state index contributed by atoms with van der Waals surface area (Å²) in [7, 11) is 1.72. The number of thioether (sulfide) groups is 1. The van der Waals surface area contributed by atoms with Crippen LogP contribution in [0.5, 0.6) is 0 Å². The quantitative estimate of drug-likeness (QED) is 0.254. The number of aliphatic imine (C=N–C) groups is 1. The number of allylic oxidation sites excluding steroid dienone is 1. The average Bonchev–Trinajstić information content (AvgIpc) is 3.17. The van der Waals surface area contributed by atoms with Gasteiger partial charge in [0.15, 0.2) is 5.17 Å². The van der Waals surface area contributed by atoms with E-state index in [0.29, 0.717) is 28.7 Å².